The van der Waals surface area contributed by atoms with Crippen molar-refractivity contribution in [2.45, 2.75) is 32.1 Å². The van der Waals surface area contributed by atoms with E-state index in [1.54, 1.807) is 0 Å². The summed E-state index contributed by atoms with van der Waals surface area (Å²) in [5.41, 5.74) is 6.25. The van der Waals surface area contributed by atoms with Gasteiger partial charge in [0, 0.05) is 6.54 Å². The Balaban J connectivity index is 0.00000168. The lowest BCUT2D eigenvalue weighted by Gasteiger charge is -2.54. The molecule has 138 valence electrons. The van der Waals surface area contributed by atoms with Crippen molar-refractivity contribution < 1.29 is 0 Å². The third-order valence-corrected chi connectivity index (χ3v) is 6.94. The number of hydrazine groups is 1. The fourth-order valence-corrected chi connectivity index (χ4v) is 6.05. The molecule has 0 aromatic heterocycles. The summed E-state index contributed by atoms with van der Waals surface area (Å²) in [6.45, 7) is 1.11. The summed E-state index contributed by atoms with van der Waals surface area (Å²) in [6.07, 6.45) is 7.52. The van der Waals surface area contributed by atoms with Crippen molar-refractivity contribution >= 4 is 23.8 Å². The normalized spacial score (nSPS) is 31.5. The Morgan fingerprint density at radius 3 is 1.62 bits per heavy atom. The number of para-hydroxylation sites is 2. The topological polar surface area (TPSA) is 15.3 Å². The van der Waals surface area contributed by atoms with E-state index in [9.17, 15) is 0 Å². The maximum absolute atomic E-state index is 3.81. The van der Waals surface area contributed by atoms with Crippen LogP contribution in [-0.2, 0) is 0 Å². The van der Waals surface area contributed by atoms with Gasteiger partial charge >= 0.3 is 0 Å². The molecule has 0 spiro atoms. The molecule has 0 amide bonds. The molecule has 4 saturated carbocycles. The van der Waals surface area contributed by atoms with Crippen molar-refractivity contribution in [3.05, 3.63) is 60.7 Å². The maximum atomic E-state index is 3.81. The highest BCUT2D eigenvalue weighted by Gasteiger charge is 2.47. The van der Waals surface area contributed by atoms with Crippen LogP contribution in [0, 0.1) is 29.6 Å². The number of rotatable bonds is 5. The lowest BCUT2D eigenvalue weighted by molar-refractivity contribution is -0.0353. The van der Waals surface area contributed by atoms with Crippen LogP contribution >= 0.6 is 12.4 Å². The van der Waals surface area contributed by atoms with E-state index in [0.29, 0.717) is 0 Å². The monoisotopic (exact) mass is 368 g/mol. The van der Waals surface area contributed by atoms with E-state index >= 15 is 0 Å². The summed E-state index contributed by atoms with van der Waals surface area (Å²) in [7, 11) is 0. The lowest BCUT2D eigenvalue weighted by atomic mass is 9.52. The van der Waals surface area contributed by atoms with Crippen molar-refractivity contribution in [3.63, 3.8) is 0 Å². The van der Waals surface area contributed by atoms with E-state index in [2.05, 4.69) is 71.1 Å². The number of benzene rings is 2. The van der Waals surface area contributed by atoms with E-state index in [-0.39, 0.29) is 12.4 Å². The Labute approximate surface area is 163 Å². The van der Waals surface area contributed by atoms with Gasteiger partial charge in [0.25, 0.3) is 0 Å². The highest BCUT2D eigenvalue weighted by molar-refractivity contribution is 5.85. The SMILES string of the molecule is Cl.c1ccc(N(NCC2C3CC4CC(C3)CC2C4)c2ccccc2)cc1. The molecule has 0 aliphatic heterocycles. The molecule has 3 heteroatoms. The van der Waals surface area contributed by atoms with Crippen molar-refractivity contribution in [1.29, 1.82) is 0 Å². The summed E-state index contributed by atoms with van der Waals surface area (Å²) < 4.78 is 0. The Morgan fingerprint density at radius 1 is 0.692 bits per heavy atom. The average Bonchev–Trinajstić information content (AvgIpc) is 2.65. The van der Waals surface area contributed by atoms with Crippen LogP contribution in [0.4, 0.5) is 11.4 Å². The largest absolute Gasteiger partial charge is 0.277 e. The molecular formula is C23H29ClN2. The minimum absolute atomic E-state index is 0. The second kappa shape index (κ2) is 7.62. The third kappa shape index (κ3) is 3.37. The first kappa shape index (κ1) is 17.9. The molecule has 0 atom stereocenters. The van der Waals surface area contributed by atoms with Gasteiger partial charge in [-0.05, 0) is 86.0 Å². The van der Waals surface area contributed by atoms with Gasteiger partial charge in [0.05, 0.1) is 11.4 Å². The zero-order valence-electron chi connectivity index (χ0n) is 15.3. The number of anilines is 2. The summed E-state index contributed by atoms with van der Waals surface area (Å²) in [6, 6.07) is 21.4. The van der Waals surface area contributed by atoms with Gasteiger partial charge < -0.3 is 0 Å². The summed E-state index contributed by atoms with van der Waals surface area (Å²) in [5.74, 6) is 4.91. The molecule has 2 nitrogen and oxygen atoms in total. The van der Waals surface area contributed by atoms with Crippen LogP contribution in [0.2, 0.25) is 0 Å². The Kier molecular flexibility index (Phi) is 5.24. The second-order valence-corrected chi connectivity index (χ2v) is 8.46. The number of nitrogens with one attached hydrogen (secondary N) is 1. The van der Waals surface area contributed by atoms with Gasteiger partial charge in [0.15, 0.2) is 0 Å². The van der Waals surface area contributed by atoms with Crippen LogP contribution in [0.15, 0.2) is 60.7 Å². The first-order chi connectivity index (χ1) is 12.4. The van der Waals surface area contributed by atoms with Crippen LogP contribution < -0.4 is 10.4 Å². The molecule has 4 aliphatic rings. The molecule has 2 aromatic rings. The smallest absolute Gasteiger partial charge is 0.0577 e. The van der Waals surface area contributed by atoms with Gasteiger partial charge in [-0.3, -0.25) is 5.01 Å². The first-order valence-electron chi connectivity index (χ1n) is 10.0. The van der Waals surface area contributed by atoms with Crippen LogP contribution in [-0.4, -0.2) is 6.54 Å². The summed E-state index contributed by atoms with van der Waals surface area (Å²) in [4.78, 5) is 0. The molecule has 0 heterocycles. The standard InChI is InChI=1S/C23H28N2.ClH/c1-3-7-21(8-4-1)25(22-9-5-2-6-10-22)24-16-23-19-12-17-11-18(14-19)15-20(23)13-17;/h1-10,17-20,23-24H,11-16H2;1H. The van der Waals surface area contributed by atoms with Crippen LogP contribution in [0.1, 0.15) is 32.1 Å². The molecule has 1 N–H and O–H groups in total. The van der Waals surface area contributed by atoms with E-state index in [1.807, 2.05) is 0 Å². The predicted molar refractivity (Wildman–Crippen MR) is 111 cm³/mol. The molecule has 0 radical (unpaired) electrons. The van der Waals surface area contributed by atoms with Crippen molar-refractivity contribution in [1.82, 2.24) is 5.43 Å². The Hall–Kier alpha value is -1.51. The minimum Gasteiger partial charge on any atom is -0.277 e. The van der Waals surface area contributed by atoms with Crippen molar-refractivity contribution in [2.24, 2.45) is 29.6 Å². The Morgan fingerprint density at radius 2 is 1.15 bits per heavy atom. The van der Waals surface area contributed by atoms with Gasteiger partial charge in [-0.2, -0.15) is 0 Å². The quantitative estimate of drug-likeness (QED) is 0.668. The number of nitrogens with zero attached hydrogens (tertiary/aromatic N) is 1. The predicted octanol–water partition coefficient (Wildman–Crippen LogP) is 5.82. The molecule has 4 aliphatic carbocycles. The van der Waals surface area contributed by atoms with Crippen LogP contribution in [0.25, 0.3) is 0 Å². The molecule has 0 unspecified atom stereocenters. The van der Waals surface area contributed by atoms with E-state index < -0.39 is 0 Å². The van der Waals surface area contributed by atoms with Gasteiger partial charge in [0.2, 0.25) is 0 Å². The Bertz CT molecular complexity index is 635. The lowest BCUT2D eigenvalue weighted by Crippen LogP contribution is -2.50. The molecule has 26 heavy (non-hydrogen) atoms. The molecule has 4 fully saturated rings. The van der Waals surface area contributed by atoms with Gasteiger partial charge in [-0.25, -0.2) is 5.43 Å². The first-order valence-corrected chi connectivity index (χ1v) is 10.0. The molecular weight excluding hydrogens is 340 g/mol. The van der Waals surface area contributed by atoms with Crippen molar-refractivity contribution in [3.8, 4) is 0 Å². The van der Waals surface area contributed by atoms with Gasteiger partial charge in [0.1, 0.15) is 0 Å². The van der Waals surface area contributed by atoms with Crippen LogP contribution in [0.5, 0.6) is 0 Å². The average molecular weight is 369 g/mol. The zero-order chi connectivity index (χ0) is 16.6. The van der Waals surface area contributed by atoms with E-state index in [1.165, 1.54) is 43.5 Å². The number of halogens is 1. The molecule has 6 rings (SSSR count). The number of hydrogen-bond donors (Lipinski definition) is 1. The second-order valence-electron chi connectivity index (χ2n) is 8.46. The fraction of sp³-hybridized carbons (Fsp3) is 0.478. The van der Waals surface area contributed by atoms with E-state index in [4.69, 9.17) is 0 Å². The van der Waals surface area contributed by atoms with Gasteiger partial charge in [-0.1, -0.05) is 36.4 Å². The number of hydrogen-bond acceptors (Lipinski definition) is 2. The zero-order valence-corrected chi connectivity index (χ0v) is 16.1. The molecule has 0 saturated heterocycles. The molecule has 2 aromatic carbocycles. The summed E-state index contributed by atoms with van der Waals surface area (Å²) in [5, 5.41) is 2.28. The summed E-state index contributed by atoms with van der Waals surface area (Å²) >= 11 is 0. The van der Waals surface area contributed by atoms with Crippen molar-refractivity contribution in [2.75, 3.05) is 11.6 Å². The highest BCUT2D eigenvalue weighted by Crippen LogP contribution is 2.56. The maximum Gasteiger partial charge on any atom is 0.0577 e. The highest BCUT2D eigenvalue weighted by atomic mass is 35.5. The fourth-order valence-electron chi connectivity index (χ4n) is 6.05. The molecule has 4 bridgehead atoms. The minimum atomic E-state index is 0. The van der Waals surface area contributed by atoms with Gasteiger partial charge in [-0.15, -0.1) is 12.4 Å². The van der Waals surface area contributed by atoms with E-state index in [0.717, 1.165) is 36.1 Å². The third-order valence-electron chi connectivity index (χ3n) is 6.94. The van der Waals surface area contributed by atoms with Crippen LogP contribution in [0.3, 0.4) is 0 Å².